The maximum atomic E-state index is 14.8. The molecular formula is C24H26FN5O2. The van der Waals surface area contributed by atoms with E-state index in [9.17, 15) is 14.0 Å². The van der Waals surface area contributed by atoms with Crippen LogP contribution >= 0.6 is 0 Å². The molecule has 0 spiro atoms. The summed E-state index contributed by atoms with van der Waals surface area (Å²) in [7, 11) is 0. The van der Waals surface area contributed by atoms with Gasteiger partial charge in [-0.25, -0.2) is 4.39 Å². The summed E-state index contributed by atoms with van der Waals surface area (Å²) in [4.78, 5) is 30.0. The molecule has 0 atom stereocenters. The average Bonchev–Trinajstić information content (AvgIpc) is 3.45. The molecule has 3 aromatic rings. The number of halogens is 1. The molecule has 1 aliphatic carbocycles. The van der Waals surface area contributed by atoms with Crippen molar-refractivity contribution in [2.24, 2.45) is 5.92 Å². The zero-order chi connectivity index (χ0) is 22.5. The first-order chi connectivity index (χ1) is 15.5. The molecule has 7 nitrogen and oxygen atoms in total. The molecule has 2 heterocycles. The van der Waals surface area contributed by atoms with Gasteiger partial charge in [-0.15, -0.1) is 0 Å². The molecule has 0 bridgehead atoms. The molecule has 2 N–H and O–H groups in total. The van der Waals surface area contributed by atoms with Crippen molar-refractivity contribution in [3.8, 4) is 11.3 Å². The SMILES string of the molecule is CC(=O)N(CC1CC1)c1ccc(-c2ccc(NC(=O)CCCc3cn[nH]c3)cn2)cc1F. The van der Waals surface area contributed by atoms with Gasteiger partial charge in [0.1, 0.15) is 5.82 Å². The second kappa shape index (κ2) is 9.72. The standard InChI is InChI=1S/C24H26FN5O2/c1-16(31)30(15-17-5-6-17)23-10-7-19(11-21(23)25)22-9-8-20(14-26-22)29-24(32)4-2-3-18-12-27-28-13-18/h7-14,17H,2-6,15H2,1H3,(H,27,28)(H,29,32). The number of carbonyl (C=O) groups is 2. The van der Waals surface area contributed by atoms with Crippen molar-refractivity contribution < 1.29 is 14.0 Å². The molecule has 166 valence electrons. The van der Waals surface area contributed by atoms with Crippen LogP contribution in [-0.2, 0) is 16.0 Å². The van der Waals surface area contributed by atoms with Crippen LogP contribution < -0.4 is 10.2 Å². The zero-order valence-corrected chi connectivity index (χ0v) is 18.0. The fourth-order valence-corrected chi connectivity index (χ4v) is 3.57. The molecule has 4 rings (SSSR count). The molecule has 2 amide bonds. The van der Waals surface area contributed by atoms with Crippen molar-refractivity contribution in [1.29, 1.82) is 0 Å². The highest BCUT2D eigenvalue weighted by Gasteiger charge is 2.27. The third-order valence-corrected chi connectivity index (χ3v) is 5.52. The van der Waals surface area contributed by atoms with Gasteiger partial charge >= 0.3 is 0 Å². The van der Waals surface area contributed by atoms with Crippen LogP contribution in [0.4, 0.5) is 15.8 Å². The zero-order valence-electron chi connectivity index (χ0n) is 18.0. The fraction of sp³-hybridized carbons (Fsp3) is 0.333. The lowest BCUT2D eigenvalue weighted by molar-refractivity contribution is -0.117. The van der Waals surface area contributed by atoms with Crippen molar-refractivity contribution >= 4 is 23.2 Å². The maximum absolute atomic E-state index is 14.8. The molecule has 32 heavy (non-hydrogen) atoms. The first-order valence-electron chi connectivity index (χ1n) is 10.8. The number of hydrogen-bond acceptors (Lipinski definition) is 4. The third-order valence-electron chi connectivity index (χ3n) is 5.52. The Hall–Kier alpha value is -3.55. The molecule has 1 aliphatic rings. The molecule has 1 aromatic carbocycles. The Labute approximate surface area is 186 Å². The van der Waals surface area contributed by atoms with Crippen LogP contribution in [0, 0.1) is 11.7 Å². The number of carbonyl (C=O) groups excluding carboxylic acids is 2. The fourth-order valence-electron chi connectivity index (χ4n) is 3.57. The summed E-state index contributed by atoms with van der Waals surface area (Å²) in [6.45, 7) is 2.02. The van der Waals surface area contributed by atoms with Crippen molar-refractivity contribution in [2.45, 2.75) is 39.0 Å². The van der Waals surface area contributed by atoms with E-state index < -0.39 is 5.82 Å². The number of hydrogen-bond donors (Lipinski definition) is 2. The minimum absolute atomic E-state index is 0.0848. The lowest BCUT2D eigenvalue weighted by atomic mass is 10.1. The highest BCUT2D eigenvalue weighted by Crippen LogP contribution is 2.33. The number of pyridine rings is 1. The van der Waals surface area contributed by atoms with E-state index in [4.69, 9.17) is 0 Å². The first-order valence-corrected chi connectivity index (χ1v) is 10.8. The third kappa shape index (κ3) is 5.57. The van der Waals surface area contributed by atoms with Gasteiger partial charge < -0.3 is 10.2 Å². The predicted molar refractivity (Wildman–Crippen MR) is 121 cm³/mol. The van der Waals surface area contributed by atoms with E-state index in [-0.39, 0.29) is 11.8 Å². The average molecular weight is 436 g/mol. The van der Waals surface area contributed by atoms with E-state index in [0.29, 0.717) is 41.5 Å². The number of benzene rings is 1. The number of nitrogens with zero attached hydrogens (tertiary/aromatic N) is 3. The van der Waals surface area contributed by atoms with E-state index in [2.05, 4.69) is 20.5 Å². The quantitative estimate of drug-likeness (QED) is 0.523. The topological polar surface area (TPSA) is 91.0 Å². The van der Waals surface area contributed by atoms with Crippen LogP contribution in [0.5, 0.6) is 0 Å². The minimum Gasteiger partial charge on any atom is -0.325 e. The van der Waals surface area contributed by atoms with Crippen LogP contribution in [0.15, 0.2) is 48.9 Å². The van der Waals surface area contributed by atoms with Crippen LogP contribution in [0.3, 0.4) is 0 Å². The Morgan fingerprint density at radius 2 is 2.06 bits per heavy atom. The second-order valence-electron chi connectivity index (χ2n) is 8.18. The summed E-state index contributed by atoms with van der Waals surface area (Å²) in [5, 5.41) is 9.47. The number of anilines is 2. The summed E-state index contributed by atoms with van der Waals surface area (Å²) in [6, 6.07) is 8.28. The maximum Gasteiger partial charge on any atom is 0.224 e. The molecule has 2 aromatic heterocycles. The largest absolute Gasteiger partial charge is 0.325 e. The van der Waals surface area contributed by atoms with Gasteiger partial charge in [-0.05, 0) is 61.4 Å². The van der Waals surface area contributed by atoms with Crippen LogP contribution in [0.25, 0.3) is 11.3 Å². The molecule has 1 saturated carbocycles. The van der Waals surface area contributed by atoms with Gasteiger partial charge in [0, 0.05) is 31.6 Å². The monoisotopic (exact) mass is 435 g/mol. The van der Waals surface area contributed by atoms with Gasteiger partial charge in [0.2, 0.25) is 11.8 Å². The smallest absolute Gasteiger partial charge is 0.224 e. The van der Waals surface area contributed by atoms with E-state index in [1.807, 2.05) is 6.20 Å². The van der Waals surface area contributed by atoms with Gasteiger partial charge in [-0.2, -0.15) is 5.10 Å². The minimum atomic E-state index is -0.449. The summed E-state index contributed by atoms with van der Waals surface area (Å²) < 4.78 is 14.8. The molecule has 0 unspecified atom stereocenters. The highest BCUT2D eigenvalue weighted by molar-refractivity contribution is 5.92. The Morgan fingerprint density at radius 1 is 1.22 bits per heavy atom. The molecule has 0 aliphatic heterocycles. The van der Waals surface area contributed by atoms with Crippen molar-refractivity contribution in [1.82, 2.24) is 15.2 Å². The lowest BCUT2D eigenvalue weighted by Gasteiger charge is -2.22. The summed E-state index contributed by atoms with van der Waals surface area (Å²) in [6.07, 6.45) is 9.20. The molecule has 0 saturated heterocycles. The Bertz CT molecular complexity index is 1080. The van der Waals surface area contributed by atoms with Gasteiger partial charge in [0.15, 0.2) is 0 Å². The summed E-state index contributed by atoms with van der Waals surface area (Å²) in [5.74, 6) is -0.229. The number of H-pyrrole nitrogens is 1. The number of aromatic nitrogens is 3. The number of aryl methyl sites for hydroxylation is 1. The Morgan fingerprint density at radius 3 is 2.69 bits per heavy atom. The summed E-state index contributed by atoms with van der Waals surface area (Å²) in [5.41, 5.74) is 3.16. The van der Waals surface area contributed by atoms with Crippen LogP contribution in [0.1, 0.15) is 38.2 Å². The number of rotatable bonds is 9. The first kappa shape index (κ1) is 21.7. The van der Waals surface area contributed by atoms with Gasteiger partial charge in [0.25, 0.3) is 0 Å². The lowest BCUT2D eigenvalue weighted by Crippen LogP contribution is -2.31. The Kier molecular flexibility index (Phi) is 6.58. The molecule has 8 heteroatoms. The second-order valence-corrected chi connectivity index (χ2v) is 8.18. The number of nitrogens with one attached hydrogen (secondary N) is 2. The van der Waals surface area contributed by atoms with Gasteiger partial charge in [-0.3, -0.25) is 19.7 Å². The Balaban J connectivity index is 1.36. The number of amides is 2. The summed E-state index contributed by atoms with van der Waals surface area (Å²) >= 11 is 0. The molecule has 0 radical (unpaired) electrons. The van der Waals surface area contributed by atoms with Crippen LogP contribution in [0.2, 0.25) is 0 Å². The highest BCUT2D eigenvalue weighted by atomic mass is 19.1. The van der Waals surface area contributed by atoms with Gasteiger partial charge in [-0.1, -0.05) is 6.07 Å². The predicted octanol–water partition coefficient (Wildman–Crippen LogP) is 4.34. The molecular weight excluding hydrogens is 409 g/mol. The van der Waals surface area contributed by atoms with Crippen molar-refractivity contribution in [2.75, 3.05) is 16.8 Å². The normalized spacial score (nSPS) is 13.1. The van der Waals surface area contributed by atoms with E-state index in [1.165, 1.54) is 17.9 Å². The van der Waals surface area contributed by atoms with E-state index in [1.54, 1.807) is 36.7 Å². The van der Waals surface area contributed by atoms with Crippen LogP contribution in [-0.4, -0.2) is 33.5 Å². The van der Waals surface area contributed by atoms with Crippen molar-refractivity contribution in [3.05, 3.63) is 60.3 Å². The number of aromatic amines is 1. The van der Waals surface area contributed by atoms with Crippen molar-refractivity contribution in [3.63, 3.8) is 0 Å². The van der Waals surface area contributed by atoms with E-state index >= 15 is 0 Å². The van der Waals surface area contributed by atoms with Gasteiger partial charge in [0.05, 0.1) is 29.5 Å². The van der Waals surface area contributed by atoms with E-state index in [0.717, 1.165) is 31.2 Å². The molecule has 1 fully saturated rings.